The normalized spacial score (nSPS) is 11.7. The highest BCUT2D eigenvalue weighted by molar-refractivity contribution is 7.80. The van der Waals surface area contributed by atoms with Gasteiger partial charge in [0.15, 0.2) is 10.2 Å². The highest BCUT2D eigenvalue weighted by atomic mass is 32.1. The van der Waals surface area contributed by atoms with Gasteiger partial charge in [-0.25, -0.2) is 0 Å². The van der Waals surface area contributed by atoms with Crippen molar-refractivity contribution in [1.82, 2.24) is 15.2 Å². The first-order valence-corrected chi connectivity index (χ1v) is 9.86. The largest absolute Gasteiger partial charge is 0.450 e. The Labute approximate surface area is 184 Å². The maximum atomic E-state index is 5.56. The summed E-state index contributed by atoms with van der Waals surface area (Å²) in [5.41, 5.74) is 4.75. The molecule has 0 aliphatic carbocycles. The van der Waals surface area contributed by atoms with E-state index in [2.05, 4.69) is 53.6 Å². The third-order valence-corrected chi connectivity index (χ3v) is 4.81. The maximum Gasteiger partial charge on any atom is 0.158 e. The summed E-state index contributed by atoms with van der Waals surface area (Å²) in [4.78, 5) is 4.47. The number of aromatic nitrogens is 3. The summed E-state index contributed by atoms with van der Waals surface area (Å²) >= 11 is 8.46. The molecule has 0 amide bonds. The Morgan fingerprint density at radius 3 is 2.07 bits per heavy atom. The second-order valence-corrected chi connectivity index (χ2v) is 7.17. The number of nitrogens with zero attached hydrogens (tertiary/aromatic N) is 3. The minimum atomic E-state index is 0.524. The Kier molecular flexibility index (Phi) is 5.74. The lowest BCUT2D eigenvalue weighted by atomic mass is 10.1. The summed E-state index contributed by atoms with van der Waals surface area (Å²) in [7, 11) is 0. The van der Waals surface area contributed by atoms with E-state index in [-0.39, 0.29) is 0 Å². The fourth-order valence-electron chi connectivity index (χ4n) is 2.89. The zero-order chi connectivity index (χ0) is 21.1. The second-order valence-electron chi connectivity index (χ2n) is 6.28. The van der Waals surface area contributed by atoms with Crippen LogP contribution >= 0.6 is 25.3 Å². The Hall–Kier alpha value is -3.29. The van der Waals surface area contributed by atoms with E-state index in [0.29, 0.717) is 33.1 Å². The molecule has 2 aromatic heterocycles. The fraction of sp³-hybridized carbons (Fsp3) is 0. The van der Waals surface area contributed by atoms with Crippen LogP contribution in [0.2, 0.25) is 0 Å². The molecule has 4 heterocycles. The molecule has 7 heteroatoms. The Morgan fingerprint density at radius 2 is 1.43 bits per heavy atom. The summed E-state index contributed by atoms with van der Waals surface area (Å²) in [6.45, 7) is 7.56. The number of fused-ring (bicyclic) bond motifs is 1. The molecule has 0 saturated carbocycles. The standard InChI is InChI=1S/C23H17N3O2S2/c1-3-14-11-22(29)27-20(14)9-6-16-5-7-17-18(25-26-19(17)13-24-16)8-10-21-15(4-2)12-23(30)28-21/h3-13,29-30H,1-2H2/b9-6+,10-8+. The number of rotatable bonds is 6. The van der Waals surface area contributed by atoms with Gasteiger partial charge in [-0.15, -0.1) is 35.5 Å². The van der Waals surface area contributed by atoms with Crippen molar-refractivity contribution in [3.63, 3.8) is 0 Å². The van der Waals surface area contributed by atoms with Crippen molar-refractivity contribution in [3.8, 4) is 11.3 Å². The Morgan fingerprint density at radius 1 is 0.800 bits per heavy atom. The van der Waals surface area contributed by atoms with Gasteiger partial charge in [-0.1, -0.05) is 25.3 Å². The Bertz CT molecular complexity index is 1270. The van der Waals surface area contributed by atoms with E-state index >= 15 is 0 Å². The summed E-state index contributed by atoms with van der Waals surface area (Å²) in [5, 5.41) is 9.50. The van der Waals surface area contributed by atoms with Crippen LogP contribution in [0.1, 0.15) is 34.0 Å². The molecular weight excluding hydrogens is 414 g/mol. The molecule has 4 rings (SSSR count). The molecule has 5 nitrogen and oxygen atoms in total. The molecule has 30 heavy (non-hydrogen) atoms. The number of furan rings is 2. The van der Waals surface area contributed by atoms with Crippen molar-refractivity contribution in [3.05, 3.63) is 77.7 Å². The SMILES string of the molecule is C=Cc1cc(S)oc1/C=C/c1ccc2c(/C=C/c3oc(S)cc3C=C)nnc-2cn1. The summed E-state index contributed by atoms with van der Waals surface area (Å²) in [5.74, 6) is 1.33. The van der Waals surface area contributed by atoms with E-state index < -0.39 is 0 Å². The van der Waals surface area contributed by atoms with E-state index in [1.165, 1.54) is 0 Å². The third-order valence-electron chi connectivity index (χ3n) is 4.37. The lowest BCUT2D eigenvalue weighted by Crippen LogP contribution is -1.75. The quantitative estimate of drug-likeness (QED) is 0.348. The van der Waals surface area contributed by atoms with Gasteiger partial charge in [0.05, 0.1) is 17.6 Å². The van der Waals surface area contributed by atoms with E-state index in [9.17, 15) is 0 Å². The van der Waals surface area contributed by atoms with E-state index in [1.54, 1.807) is 24.4 Å². The molecule has 0 fully saturated rings. The Balaban J connectivity index is 1.62. The first kappa shape index (κ1) is 20.0. The molecule has 148 valence electrons. The topological polar surface area (TPSA) is 65.0 Å². The molecule has 0 unspecified atom stereocenters. The van der Waals surface area contributed by atoms with Gasteiger partial charge < -0.3 is 8.83 Å². The molecule has 0 N–H and O–H groups in total. The van der Waals surface area contributed by atoms with Crippen LogP contribution < -0.4 is 0 Å². The van der Waals surface area contributed by atoms with E-state index in [0.717, 1.165) is 22.4 Å². The van der Waals surface area contributed by atoms with Crippen molar-refractivity contribution in [2.45, 2.75) is 10.2 Å². The molecule has 2 aliphatic rings. The van der Waals surface area contributed by atoms with Crippen molar-refractivity contribution in [1.29, 1.82) is 0 Å². The van der Waals surface area contributed by atoms with Crippen LogP contribution in [0.25, 0.3) is 47.7 Å². The van der Waals surface area contributed by atoms with Crippen LogP contribution in [0.4, 0.5) is 0 Å². The number of hydrogen-bond acceptors (Lipinski definition) is 7. The van der Waals surface area contributed by atoms with Gasteiger partial charge in [-0.3, -0.25) is 4.98 Å². The highest BCUT2D eigenvalue weighted by Crippen LogP contribution is 2.26. The summed E-state index contributed by atoms with van der Waals surface area (Å²) in [6, 6.07) is 7.44. The van der Waals surface area contributed by atoms with Gasteiger partial charge in [0.25, 0.3) is 0 Å². The molecule has 0 spiro atoms. The van der Waals surface area contributed by atoms with Crippen LogP contribution in [0, 0.1) is 0 Å². The molecule has 0 radical (unpaired) electrons. The van der Waals surface area contributed by atoms with Crippen LogP contribution in [-0.4, -0.2) is 15.2 Å². The van der Waals surface area contributed by atoms with Crippen molar-refractivity contribution >= 4 is 61.7 Å². The zero-order valence-electron chi connectivity index (χ0n) is 15.8. The van der Waals surface area contributed by atoms with Gasteiger partial charge in [0, 0.05) is 16.7 Å². The molecule has 0 bridgehead atoms. The average Bonchev–Trinajstić information content (AvgIpc) is 3.37. The van der Waals surface area contributed by atoms with Crippen LogP contribution in [0.15, 0.2) is 62.6 Å². The van der Waals surface area contributed by atoms with Gasteiger partial charge in [0.2, 0.25) is 0 Å². The first-order chi connectivity index (χ1) is 14.6. The molecular formula is C23H17N3O2S2. The molecule has 0 atom stereocenters. The minimum absolute atomic E-state index is 0.524. The minimum Gasteiger partial charge on any atom is -0.450 e. The molecule has 2 aromatic rings. The van der Waals surface area contributed by atoms with E-state index in [4.69, 9.17) is 8.83 Å². The number of thiol groups is 2. The fourth-order valence-corrected chi connectivity index (χ4v) is 3.36. The van der Waals surface area contributed by atoms with Crippen molar-refractivity contribution < 1.29 is 8.83 Å². The van der Waals surface area contributed by atoms with E-state index in [1.807, 2.05) is 42.5 Å². The summed E-state index contributed by atoms with van der Waals surface area (Å²) in [6.07, 6.45) is 12.5. The predicted octanol–water partition coefficient (Wildman–Crippen LogP) is 6.37. The van der Waals surface area contributed by atoms with Gasteiger partial charge in [-0.05, 0) is 48.6 Å². The number of hydrogen-bond donors (Lipinski definition) is 2. The maximum absolute atomic E-state index is 5.56. The second kappa shape index (κ2) is 8.61. The molecule has 0 saturated heterocycles. The summed E-state index contributed by atoms with van der Waals surface area (Å²) < 4.78 is 11.1. The molecule has 2 aliphatic heterocycles. The van der Waals surface area contributed by atoms with Crippen molar-refractivity contribution in [2.75, 3.05) is 0 Å². The average molecular weight is 432 g/mol. The van der Waals surface area contributed by atoms with Crippen molar-refractivity contribution in [2.24, 2.45) is 0 Å². The third kappa shape index (κ3) is 4.17. The lowest BCUT2D eigenvalue weighted by molar-refractivity contribution is 0.468. The van der Waals surface area contributed by atoms with Crippen LogP contribution in [0.5, 0.6) is 0 Å². The van der Waals surface area contributed by atoms with Gasteiger partial charge in [0.1, 0.15) is 17.2 Å². The van der Waals surface area contributed by atoms with Crippen LogP contribution in [0.3, 0.4) is 0 Å². The lowest BCUT2D eigenvalue weighted by Gasteiger charge is -1.91. The zero-order valence-corrected chi connectivity index (χ0v) is 17.6. The molecule has 0 aromatic carbocycles. The van der Waals surface area contributed by atoms with Crippen LogP contribution in [-0.2, 0) is 0 Å². The monoisotopic (exact) mass is 431 g/mol. The van der Waals surface area contributed by atoms with Gasteiger partial charge in [-0.2, -0.15) is 0 Å². The first-order valence-electron chi connectivity index (χ1n) is 8.96. The van der Waals surface area contributed by atoms with Gasteiger partial charge >= 0.3 is 0 Å². The smallest absolute Gasteiger partial charge is 0.158 e. The highest BCUT2D eigenvalue weighted by Gasteiger charge is 2.11. The predicted molar refractivity (Wildman–Crippen MR) is 126 cm³/mol.